The lowest BCUT2D eigenvalue weighted by atomic mass is 10.2. The third-order valence-electron chi connectivity index (χ3n) is 1.60. The molecule has 0 aliphatic heterocycles. The Bertz CT molecular complexity index is 352. The van der Waals surface area contributed by atoms with Gasteiger partial charge in [-0.25, -0.2) is 4.39 Å². The van der Waals surface area contributed by atoms with Gasteiger partial charge in [-0.15, -0.1) is 0 Å². The van der Waals surface area contributed by atoms with Crippen molar-refractivity contribution in [3.63, 3.8) is 0 Å². The molecule has 2 nitrogen and oxygen atoms in total. The molecule has 4 heteroatoms. The summed E-state index contributed by atoms with van der Waals surface area (Å²) in [6, 6.07) is 4.06. The molecule has 1 rings (SSSR count). The Hall–Kier alpha value is -0.900. The second-order valence-electron chi connectivity index (χ2n) is 3.25. The van der Waals surface area contributed by atoms with Crippen LogP contribution in [0.2, 0.25) is 0 Å². The van der Waals surface area contributed by atoms with Gasteiger partial charge in [0.2, 0.25) is 0 Å². The number of benzene rings is 1. The molecule has 0 heterocycles. The van der Waals surface area contributed by atoms with Crippen molar-refractivity contribution in [3.05, 3.63) is 34.1 Å². The maximum absolute atomic E-state index is 12.7. The average molecular weight is 260 g/mol. The summed E-state index contributed by atoms with van der Waals surface area (Å²) in [6.45, 7) is 3.74. The fraction of sp³-hybridized carbons (Fsp3) is 0.300. The number of halogens is 2. The molecule has 1 N–H and O–H groups in total. The third kappa shape index (κ3) is 2.80. The van der Waals surface area contributed by atoms with Crippen molar-refractivity contribution in [1.82, 2.24) is 5.32 Å². The molecule has 0 aliphatic rings. The number of hydrogen-bond acceptors (Lipinski definition) is 1. The monoisotopic (exact) mass is 259 g/mol. The van der Waals surface area contributed by atoms with Crippen LogP contribution in [-0.4, -0.2) is 11.9 Å². The molecule has 1 aromatic rings. The van der Waals surface area contributed by atoms with E-state index in [1.165, 1.54) is 18.2 Å². The van der Waals surface area contributed by atoms with Gasteiger partial charge in [0.15, 0.2) is 0 Å². The van der Waals surface area contributed by atoms with Gasteiger partial charge in [-0.1, -0.05) is 0 Å². The molecular weight excluding hydrogens is 249 g/mol. The number of hydrogen-bond donors (Lipinski definition) is 1. The number of rotatable bonds is 2. The second kappa shape index (κ2) is 4.55. The quantitative estimate of drug-likeness (QED) is 0.870. The molecule has 1 amide bonds. The highest BCUT2D eigenvalue weighted by atomic mass is 79.9. The fourth-order valence-corrected chi connectivity index (χ4v) is 1.54. The number of nitrogens with one attached hydrogen (secondary N) is 1. The SMILES string of the molecule is CC(C)NC(=O)c1ccc(F)cc1Br. The van der Waals surface area contributed by atoms with E-state index in [9.17, 15) is 9.18 Å². The molecular formula is C10H11BrFNO. The minimum atomic E-state index is -0.363. The second-order valence-corrected chi connectivity index (χ2v) is 4.11. The number of carbonyl (C=O) groups excluding carboxylic acids is 1. The van der Waals surface area contributed by atoms with Crippen LogP contribution < -0.4 is 5.32 Å². The van der Waals surface area contributed by atoms with E-state index in [4.69, 9.17) is 0 Å². The number of carbonyl (C=O) groups is 1. The summed E-state index contributed by atoms with van der Waals surface area (Å²) < 4.78 is 13.2. The van der Waals surface area contributed by atoms with E-state index in [-0.39, 0.29) is 17.8 Å². The smallest absolute Gasteiger partial charge is 0.252 e. The van der Waals surface area contributed by atoms with Crippen LogP contribution in [0, 0.1) is 5.82 Å². The van der Waals surface area contributed by atoms with E-state index < -0.39 is 0 Å². The Morgan fingerprint density at radius 3 is 2.64 bits per heavy atom. The molecule has 0 atom stereocenters. The van der Waals surface area contributed by atoms with Crippen LogP contribution in [0.25, 0.3) is 0 Å². The van der Waals surface area contributed by atoms with Crippen LogP contribution in [-0.2, 0) is 0 Å². The van der Waals surface area contributed by atoms with Crippen molar-refractivity contribution in [3.8, 4) is 0 Å². The van der Waals surface area contributed by atoms with Crippen LogP contribution in [0.5, 0.6) is 0 Å². The summed E-state index contributed by atoms with van der Waals surface area (Å²) in [5, 5.41) is 2.73. The first-order chi connectivity index (χ1) is 6.50. The van der Waals surface area contributed by atoms with Crippen molar-refractivity contribution >= 4 is 21.8 Å². The van der Waals surface area contributed by atoms with E-state index in [1.807, 2.05) is 13.8 Å². The zero-order valence-corrected chi connectivity index (χ0v) is 9.56. The van der Waals surface area contributed by atoms with Crippen molar-refractivity contribution in [2.75, 3.05) is 0 Å². The minimum Gasteiger partial charge on any atom is -0.350 e. The lowest BCUT2D eigenvalue weighted by molar-refractivity contribution is 0.0942. The zero-order valence-electron chi connectivity index (χ0n) is 7.97. The summed E-state index contributed by atoms with van der Waals surface area (Å²) >= 11 is 3.14. The minimum absolute atomic E-state index is 0.0689. The topological polar surface area (TPSA) is 29.1 Å². The lowest BCUT2D eigenvalue weighted by Gasteiger charge is -2.09. The fourth-order valence-electron chi connectivity index (χ4n) is 1.01. The first kappa shape index (κ1) is 11.2. The van der Waals surface area contributed by atoms with Crippen molar-refractivity contribution < 1.29 is 9.18 Å². The Morgan fingerprint density at radius 1 is 1.50 bits per heavy atom. The van der Waals surface area contributed by atoms with Gasteiger partial charge in [-0.3, -0.25) is 4.79 Å². The first-order valence-electron chi connectivity index (χ1n) is 4.26. The highest BCUT2D eigenvalue weighted by molar-refractivity contribution is 9.10. The van der Waals surface area contributed by atoms with Gasteiger partial charge >= 0.3 is 0 Å². The Kier molecular flexibility index (Phi) is 3.63. The van der Waals surface area contributed by atoms with E-state index in [2.05, 4.69) is 21.2 Å². The van der Waals surface area contributed by atoms with Gasteiger partial charge in [-0.05, 0) is 48.0 Å². The lowest BCUT2D eigenvalue weighted by Crippen LogP contribution is -2.30. The van der Waals surface area contributed by atoms with Crippen LogP contribution in [0.4, 0.5) is 4.39 Å². The molecule has 0 aromatic heterocycles. The average Bonchev–Trinajstić information content (AvgIpc) is 2.01. The molecule has 0 spiro atoms. The van der Waals surface area contributed by atoms with E-state index in [0.29, 0.717) is 10.0 Å². The van der Waals surface area contributed by atoms with E-state index in [1.54, 1.807) is 0 Å². The maximum Gasteiger partial charge on any atom is 0.252 e. The van der Waals surface area contributed by atoms with Crippen LogP contribution >= 0.6 is 15.9 Å². The highest BCUT2D eigenvalue weighted by Crippen LogP contribution is 2.17. The molecule has 0 saturated heterocycles. The molecule has 14 heavy (non-hydrogen) atoms. The molecule has 0 saturated carbocycles. The van der Waals surface area contributed by atoms with Crippen molar-refractivity contribution in [1.29, 1.82) is 0 Å². The standard InChI is InChI=1S/C10H11BrFNO/c1-6(2)13-10(14)8-4-3-7(12)5-9(8)11/h3-6H,1-2H3,(H,13,14). The van der Waals surface area contributed by atoms with E-state index >= 15 is 0 Å². The molecule has 76 valence electrons. The summed E-state index contributed by atoms with van der Waals surface area (Å²) in [7, 11) is 0. The van der Waals surface area contributed by atoms with Crippen molar-refractivity contribution in [2.45, 2.75) is 19.9 Å². The van der Waals surface area contributed by atoms with Crippen LogP contribution in [0.1, 0.15) is 24.2 Å². The molecule has 0 aliphatic carbocycles. The Balaban J connectivity index is 2.90. The summed E-state index contributed by atoms with van der Waals surface area (Å²) in [4.78, 5) is 11.5. The molecule has 1 aromatic carbocycles. The van der Waals surface area contributed by atoms with Crippen LogP contribution in [0.15, 0.2) is 22.7 Å². The molecule has 0 fully saturated rings. The normalized spacial score (nSPS) is 10.4. The summed E-state index contributed by atoms with van der Waals surface area (Å²) in [5.74, 6) is -0.565. The Morgan fingerprint density at radius 2 is 2.14 bits per heavy atom. The van der Waals surface area contributed by atoms with Gasteiger partial charge in [0.25, 0.3) is 5.91 Å². The van der Waals surface area contributed by atoms with Gasteiger partial charge in [-0.2, -0.15) is 0 Å². The zero-order chi connectivity index (χ0) is 10.7. The van der Waals surface area contributed by atoms with Crippen molar-refractivity contribution in [2.24, 2.45) is 0 Å². The van der Waals surface area contributed by atoms with Gasteiger partial charge < -0.3 is 5.32 Å². The van der Waals surface area contributed by atoms with Crippen LogP contribution in [0.3, 0.4) is 0 Å². The predicted octanol–water partition coefficient (Wildman–Crippen LogP) is 2.73. The molecule has 0 radical (unpaired) electrons. The predicted molar refractivity (Wildman–Crippen MR) is 56.7 cm³/mol. The van der Waals surface area contributed by atoms with E-state index in [0.717, 1.165) is 0 Å². The van der Waals surface area contributed by atoms with Gasteiger partial charge in [0, 0.05) is 10.5 Å². The summed E-state index contributed by atoms with van der Waals surface area (Å²) in [6.07, 6.45) is 0. The number of amides is 1. The largest absolute Gasteiger partial charge is 0.350 e. The summed E-state index contributed by atoms with van der Waals surface area (Å²) in [5.41, 5.74) is 0.445. The maximum atomic E-state index is 12.7. The molecule has 0 bridgehead atoms. The Labute approximate surface area is 90.6 Å². The third-order valence-corrected chi connectivity index (χ3v) is 2.25. The van der Waals surface area contributed by atoms with Gasteiger partial charge in [0.05, 0.1) is 5.56 Å². The molecule has 0 unspecified atom stereocenters. The van der Waals surface area contributed by atoms with Gasteiger partial charge in [0.1, 0.15) is 5.82 Å². The first-order valence-corrected chi connectivity index (χ1v) is 5.06. The highest BCUT2D eigenvalue weighted by Gasteiger charge is 2.10.